The molecule has 1 aromatic heterocycles. The van der Waals surface area contributed by atoms with E-state index < -0.39 is 0 Å². The number of nitrogens with zero attached hydrogens (tertiary/aromatic N) is 2. The first-order valence-corrected chi connectivity index (χ1v) is 5.34. The lowest BCUT2D eigenvalue weighted by molar-refractivity contribution is 0.909. The first-order chi connectivity index (χ1) is 7.36. The van der Waals surface area contributed by atoms with Crippen molar-refractivity contribution in [3.8, 4) is 11.3 Å². The first kappa shape index (κ1) is 8.65. The summed E-state index contributed by atoms with van der Waals surface area (Å²) in [6, 6.07) is 4.35. The third-order valence-electron chi connectivity index (χ3n) is 3.21. The fraction of sp³-hybridized carbons (Fsp3) is 0.333. The van der Waals surface area contributed by atoms with Crippen LogP contribution in [0.3, 0.4) is 0 Å². The quantitative estimate of drug-likeness (QED) is 0.765. The molecule has 0 bridgehead atoms. The Kier molecular flexibility index (Phi) is 1.84. The van der Waals surface area contributed by atoms with E-state index in [9.17, 15) is 0 Å². The van der Waals surface area contributed by atoms with Crippen molar-refractivity contribution in [3.05, 3.63) is 35.0 Å². The van der Waals surface area contributed by atoms with Gasteiger partial charge >= 0.3 is 0 Å². The van der Waals surface area contributed by atoms with E-state index in [0.717, 1.165) is 5.69 Å². The minimum atomic E-state index is 0.966. The molecule has 1 heterocycles. The second-order valence-corrected chi connectivity index (χ2v) is 4.10. The fourth-order valence-electron chi connectivity index (χ4n) is 2.46. The van der Waals surface area contributed by atoms with Crippen LogP contribution in [0.15, 0.2) is 18.3 Å². The monoisotopic (exact) mass is 199 g/mol. The fourth-order valence-corrected chi connectivity index (χ4v) is 2.46. The number of aryl methyl sites for hydroxylation is 1. The van der Waals surface area contributed by atoms with Crippen molar-refractivity contribution in [2.45, 2.75) is 26.2 Å². The van der Waals surface area contributed by atoms with Crippen LogP contribution in [-0.4, -0.2) is 15.4 Å². The summed E-state index contributed by atoms with van der Waals surface area (Å²) in [7, 11) is 0. The number of nitrogens with one attached hydrogen (secondary N) is 1. The van der Waals surface area contributed by atoms with Gasteiger partial charge in [-0.15, -0.1) is 0 Å². The summed E-state index contributed by atoms with van der Waals surface area (Å²) in [5.74, 6) is 0. The van der Waals surface area contributed by atoms with Crippen LogP contribution in [0.4, 0.5) is 0 Å². The lowest BCUT2D eigenvalue weighted by Gasteiger charge is -2.08. The maximum Gasteiger partial charge on any atom is 0.113 e. The Bertz CT molecular complexity index is 486. The molecule has 0 aliphatic heterocycles. The number of hydrogen-bond acceptors (Lipinski definition) is 2. The van der Waals surface area contributed by atoms with Gasteiger partial charge in [-0.05, 0) is 42.9 Å². The zero-order valence-electron chi connectivity index (χ0n) is 8.75. The number of aromatic nitrogens is 3. The van der Waals surface area contributed by atoms with Gasteiger partial charge in [-0.25, -0.2) is 0 Å². The molecule has 0 amide bonds. The highest BCUT2D eigenvalue weighted by molar-refractivity contribution is 5.66. The third kappa shape index (κ3) is 1.27. The molecule has 2 aromatic rings. The number of H-pyrrole nitrogens is 1. The van der Waals surface area contributed by atoms with Crippen LogP contribution in [-0.2, 0) is 12.8 Å². The van der Waals surface area contributed by atoms with Gasteiger partial charge in [0, 0.05) is 5.56 Å². The summed E-state index contributed by atoms with van der Waals surface area (Å²) >= 11 is 0. The number of benzene rings is 1. The second-order valence-electron chi connectivity index (χ2n) is 4.10. The minimum absolute atomic E-state index is 0.966. The molecule has 0 spiro atoms. The second kappa shape index (κ2) is 3.19. The summed E-state index contributed by atoms with van der Waals surface area (Å²) in [4.78, 5) is 0. The molecule has 3 rings (SSSR count). The highest BCUT2D eigenvalue weighted by atomic mass is 15.3. The lowest BCUT2D eigenvalue weighted by Crippen LogP contribution is -1.92. The summed E-state index contributed by atoms with van der Waals surface area (Å²) in [5, 5.41) is 10.7. The van der Waals surface area contributed by atoms with Crippen molar-refractivity contribution in [1.82, 2.24) is 15.4 Å². The summed E-state index contributed by atoms with van der Waals surface area (Å²) < 4.78 is 0. The summed E-state index contributed by atoms with van der Waals surface area (Å²) in [5.41, 5.74) is 6.63. The molecular weight excluding hydrogens is 186 g/mol. The topological polar surface area (TPSA) is 41.6 Å². The van der Waals surface area contributed by atoms with Gasteiger partial charge in [-0.2, -0.15) is 15.4 Å². The highest BCUT2D eigenvalue weighted by Crippen LogP contribution is 2.33. The molecule has 0 saturated heterocycles. The van der Waals surface area contributed by atoms with E-state index in [-0.39, 0.29) is 0 Å². The number of rotatable bonds is 1. The Morgan fingerprint density at radius 2 is 2.07 bits per heavy atom. The van der Waals surface area contributed by atoms with Crippen molar-refractivity contribution in [1.29, 1.82) is 0 Å². The van der Waals surface area contributed by atoms with E-state index in [0.29, 0.717) is 0 Å². The van der Waals surface area contributed by atoms with Gasteiger partial charge in [0.05, 0.1) is 6.20 Å². The van der Waals surface area contributed by atoms with Gasteiger partial charge in [0.2, 0.25) is 0 Å². The summed E-state index contributed by atoms with van der Waals surface area (Å²) in [6.07, 6.45) is 5.46. The largest absolute Gasteiger partial charge is 0.197 e. The SMILES string of the molecule is Cc1ccc(-c2cn[nH]n2)c2c1CCC2. The maximum atomic E-state index is 4.16. The van der Waals surface area contributed by atoms with Crippen LogP contribution in [0.5, 0.6) is 0 Å². The van der Waals surface area contributed by atoms with Crippen molar-refractivity contribution < 1.29 is 0 Å². The molecule has 3 heteroatoms. The van der Waals surface area contributed by atoms with Gasteiger partial charge in [0.1, 0.15) is 5.69 Å². The van der Waals surface area contributed by atoms with E-state index in [1.807, 2.05) is 0 Å². The molecule has 1 N–H and O–H groups in total. The maximum absolute atomic E-state index is 4.16. The van der Waals surface area contributed by atoms with Crippen molar-refractivity contribution >= 4 is 0 Å². The molecule has 15 heavy (non-hydrogen) atoms. The van der Waals surface area contributed by atoms with E-state index in [4.69, 9.17) is 0 Å². The van der Waals surface area contributed by atoms with E-state index in [2.05, 4.69) is 34.5 Å². The lowest BCUT2D eigenvalue weighted by atomic mass is 9.97. The number of hydrogen-bond donors (Lipinski definition) is 1. The Morgan fingerprint density at radius 3 is 2.87 bits per heavy atom. The molecule has 1 aliphatic carbocycles. The molecule has 0 atom stereocenters. The number of fused-ring (bicyclic) bond motifs is 1. The Morgan fingerprint density at radius 1 is 1.20 bits per heavy atom. The molecule has 0 fully saturated rings. The Labute approximate surface area is 88.5 Å². The third-order valence-corrected chi connectivity index (χ3v) is 3.21. The molecular formula is C12H13N3. The van der Waals surface area contributed by atoms with Crippen LogP contribution >= 0.6 is 0 Å². The Balaban J connectivity index is 2.22. The molecule has 0 saturated carbocycles. The van der Waals surface area contributed by atoms with Crippen LogP contribution in [0, 0.1) is 6.92 Å². The zero-order valence-corrected chi connectivity index (χ0v) is 8.75. The van der Waals surface area contributed by atoms with Crippen molar-refractivity contribution in [3.63, 3.8) is 0 Å². The predicted molar refractivity (Wildman–Crippen MR) is 58.6 cm³/mol. The average Bonchev–Trinajstić information content (AvgIpc) is 2.88. The highest BCUT2D eigenvalue weighted by Gasteiger charge is 2.18. The van der Waals surface area contributed by atoms with E-state index in [1.165, 1.54) is 41.5 Å². The predicted octanol–water partition coefficient (Wildman–Crippen LogP) is 2.27. The standard InChI is InChI=1S/C12H13N3/c1-8-5-6-11(12-7-13-15-14-12)10-4-2-3-9(8)10/h5-7H,2-4H2,1H3,(H,13,14,15). The van der Waals surface area contributed by atoms with Crippen molar-refractivity contribution in [2.75, 3.05) is 0 Å². The Hall–Kier alpha value is -1.64. The summed E-state index contributed by atoms with van der Waals surface area (Å²) in [6.45, 7) is 2.19. The molecule has 76 valence electrons. The molecule has 1 aromatic carbocycles. The van der Waals surface area contributed by atoms with Crippen LogP contribution < -0.4 is 0 Å². The van der Waals surface area contributed by atoms with E-state index in [1.54, 1.807) is 6.20 Å². The van der Waals surface area contributed by atoms with Crippen molar-refractivity contribution in [2.24, 2.45) is 0 Å². The molecule has 1 aliphatic rings. The first-order valence-electron chi connectivity index (χ1n) is 5.34. The van der Waals surface area contributed by atoms with Gasteiger partial charge in [0.25, 0.3) is 0 Å². The number of aromatic amines is 1. The average molecular weight is 199 g/mol. The molecule has 0 radical (unpaired) electrons. The smallest absolute Gasteiger partial charge is 0.113 e. The van der Waals surface area contributed by atoms with E-state index >= 15 is 0 Å². The van der Waals surface area contributed by atoms with Crippen LogP contribution in [0.25, 0.3) is 11.3 Å². The van der Waals surface area contributed by atoms with Gasteiger partial charge in [-0.3, -0.25) is 0 Å². The normalized spacial score (nSPS) is 14.2. The van der Waals surface area contributed by atoms with Crippen LogP contribution in [0.2, 0.25) is 0 Å². The molecule has 0 unspecified atom stereocenters. The minimum Gasteiger partial charge on any atom is -0.197 e. The molecule has 3 nitrogen and oxygen atoms in total. The van der Waals surface area contributed by atoms with Gasteiger partial charge in [0.15, 0.2) is 0 Å². The van der Waals surface area contributed by atoms with Gasteiger partial charge < -0.3 is 0 Å². The zero-order chi connectivity index (χ0) is 10.3. The van der Waals surface area contributed by atoms with Gasteiger partial charge in [-0.1, -0.05) is 12.1 Å². The van der Waals surface area contributed by atoms with Crippen LogP contribution in [0.1, 0.15) is 23.1 Å².